The van der Waals surface area contributed by atoms with Crippen LogP contribution in [0.15, 0.2) is 59.7 Å². The zero-order chi connectivity index (χ0) is 25.4. The van der Waals surface area contributed by atoms with Gasteiger partial charge in [0.15, 0.2) is 11.5 Å². The summed E-state index contributed by atoms with van der Waals surface area (Å²) in [6.07, 6.45) is 1.38. The van der Waals surface area contributed by atoms with Crippen molar-refractivity contribution in [2.75, 3.05) is 6.61 Å². The van der Waals surface area contributed by atoms with Crippen LogP contribution in [0.1, 0.15) is 34.0 Å². The molecule has 3 aromatic rings. The lowest BCUT2D eigenvalue weighted by Gasteiger charge is -2.14. The number of carbonyl (C=O) groups excluding carboxylic acids is 1. The van der Waals surface area contributed by atoms with Crippen LogP contribution in [-0.2, 0) is 6.61 Å². The highest BCUT2D eigenvalue weighted by Crippen LogP contribution is 2.34. The van der Waals surface area contributed by atoms with Gasteiger partial charge in [0.1, 0.15) is 12.4 Å². The Hall–Kier alpha value is -4.05. The largest absolute Gasteiger partial charge is 0.490 e. The lowest BCUT2D eigenvalue weighted by molar-refractivity contribution is -0.384. The zero-order valence-electron chi connectivity index (χ0n) is 18.3. The summed E-state index contributed by atoms with van der Waals surface area (Å²) < 4.78 is 26.3. The summed E-state index contributed by atoms with van der Waals surface area (Å²) in [6.45, 7) is 2.37. The van der Waals surface area contributed by atoms with Gasteiger partial charge in [-0.25, -0.2) is 9.82 Å². The molecule has 35 heavy (non-hydrogen) atoms. The number of nitro groups is 1. The maximum atomic E-state index is 14.0. The van der Waals surface area contributed by atoms with Crippen molar-refractivity contribution in [2.45, 2.75) is 13.5 Å². The van der Waals surface area contributed by atoms with Crippen molar-refractivity contribution >= 4 is 40.4 Å². The predicted octanol–water partition coefficient (Wildman–Crippen LogP) is 4.95. The van der Waals surface area contributed by atoms with Gasteiger partial charge >= 0.3 is 0 Å². The standard InChI is InChI=1S/C24H18FIN4O5/c1-2-34-22-11-17(13-28-29-24(31)19-8-5-16(12-27)9-20(19)25)10-21(26)23(22)35-14-15-3-6-18(7-4-15)30(32)33/h3-11,13H,2,14H2,1H3,(H,29,31)/b28-13-. The van der Waals surface area contributed by atoms with Crippen molar-refractivity contribution in [1.82, 2.24) is 5.43 Å². The molecule has 0 aromatic heterocycles. The van der Waals surface area contributed by atoms with Gasteiger partial charge in [0.05, 0.1) is 38.5 Å². The highest BCUT2D eigenvalue weighted by molar-refractivity contribution is 14.1. The highest BCUT2D eigenvalue weighted by atomic mass is 127. The highest BCUT2D eigenvalue weighted by Gasteiger charge is 2.14. The first-order chi connectivity index (χ1) is 16.8. The molecule has 3 rings (SSSR count). The average Bonchev–Trinajstić information content (AvgIpc) is 2.83. The van der Waals surface area contributed by atoms with Crippen LogP contribution < -0.4 is 14.9 Å². The number of halogens is 2. The third-order valence-electron chi connectivity index (χ3n) is 4.58. The Labute approximate surface area is 213 Å². The number of nitrogens with one attached hydrogen (secondary N) is 1. The van der Waals surface area contributed by atoms with Crippen LogP contribution in [0.4, 0.5) is 10.1 Å². The number of nitriles is 1. The summed E-state index contributed by atoms with van der Waals surface area (Å²) in [6, 6.07) is 14.8. The second-order valence-corrected chi connectivity index (χ2v) is 8.14. The molecule has 1 amide bonds. The zero-order valence-corrected chi connectivity index (χ0v) is 20.5. The number of hydrazone groups is 1. The second kappa shape index (κ2) is 11.9. The quantitative estimate of drug-likeness (QED) is 0.163. The summed E-state index contributed by atoms with van der Waals surface area (Å²) in [7, 11) is 0. The monoisotopic (exact) mass is 588 g/mol. The Bertz CT molecular complexity index is 1320. The van der Waals surface area contributed by atoms with Crippen molar-refractivity contribution in [3.05, 3.63) is 96.4 Å². The Kier molecular flexibility index (Phi) is 8.69. The maximum absolute atomic E-state index is 14.0. The molecular formula is C24H18FIN4O5. The lowest BCUT2D eigenvalue weighted by atomic mass is 10.1. The van der Waals surface area contributed by atoms with Crippen LogP contribution in [0.3, 0.4) is 0 Å². The van der Waals surface area contributed by atoms with Crippen LogP contribution >= 0.6 is 22.6 Å². The molecule has 0 fully saturated rings. The number of non-ortho nitro benzene ring substituents is 1. The van der Waals surface area contributed by atoms with Gasteiger partial charge in [-0.2, -0.15) is 10.4 Å². The van der Waals surface area contributed by atoms with Crippen molar-refractivity contribution in [2.24, 2.45) is 5.10 Å². The van der Waals surface area contributed by atoms with Gasteiger partial charge in [0.25, 0.3) is 11.6 Å². The number of ether oxygens (including phenoxy) is 2. The molecule has 9 nitrogen and oxygen atoms in total. The molecule has 0 radical (unpaired) electrons. The molecule has 0 aliphatic rings. The number of carbonyl (C=O) groups is 1. The molecule has 1 N–H and O–H groups in total. The van der Waals surface area contributed by atoms with Crippen molar-refractivity contribution in [3.63, 3.8) is 0 Å². The number of amides is 1. The van der Waals surface area contributed by atoms with E-state index >= 15 is 0 Å². The third kappa shape index (κ3) is 6.73. The first kappa shape index (κ1) is 25.6. The molecule has 0 atom stereocenters. The van der Waals surface area contributed by atoms with E-state index in [-0.39, 0.29) is 23.4 Å². The molecule has 0 unspecified atom stereocenters. The second-order valence-electron chi connectivity index (χ2n) is 6.98. The summed E-state index contributed by atoms with van der Waals surface area (Å²) >= 11 is 2.07. The summed E-state index contributed by atoms with van der Waals surface area (Å²) in [4.78, 5) is 22.5. The molecule has 0 aliphatic carbocycles. The molecule has 11 heteroatoms. The number of nitrogens with zero attached hydrogens (tertiary/aromatic N) is 3. The van der Waals surface area contributed by atoms with Gasteiger partial charge in [-0.1, -0.05) is 0 Å². The van der Waals surface area contributed by atoms with E-state index in [1.54, 1.807) is 30.3 Å². The van der Waals surface area contributed by atoms with E-state index in [2.05, 4.69) is 33.1 Å². The molecule has 0 aliphatic heterocycles. The van der Waals surface area contributed by atoms with Gasteiger partial charge in [-0.05, 0) is 83.1 Å². The number of rotatable bonds is 9. The van der Waals surface area contributed by atoms with Crippen LogP contribution in [0, 0.1) is 30.8 Å². The molecule has 0 saturated heterocycles. The van der Waals surface area contributed by atoms with E-state index in [1.165, 1.54) is 30.5 Å². The van der Waals surface area contributed by atoms with E-state index < -0.39 is 16.6 Å². The topological polar surface area (TPSA) is 127 Å². The van der Waals surface area contributed by atoms with Gasteiger partial charge in [-0.15, -0.1) is 0 Å². The first-order valence-electron chi connectivity index (χ1n) is 10.2. The van der Waals surface area contributed by atoms with Crippen LogP contribution in [0.25, 0.3) is 0 Å². The predicted molar refractivity (Wildman–Crippen MR) is 134 cm³/mol. The van der Waals surface area contributed by atoms with E-state index in [9.17, 15) is 19.3 Å². The van der Waals surface area contributed by atoms with E-state index in [4.69, 9.17) is 14.7 Å². The molecule has 178 valence electrons. The maximum Gasteiger partial charge on any atom is 0.274 e. The normalized spacial score (nSPS) is 10.6. The lowest BCUT2D eigenvalue weighted by Crippen LogP contribution is -2.19. The minimum absolute atomic E-state index is 0.00371. The summed E-state index contributed by atoms with van der Waals surface area (Å²) in [5.74, 6) is -0.635. The van der Waals surface area contributed by atoms with Crippen LogP contribution in [0.5, 0.6) is 11.5 Å². The fourth-order valence-corrected chi connectivity index (χ4v) is 3.71. The fourth-order valence-electron chi connectivity index (χ4n) is 2.93. The molecule has 0 bridgehead atoms. The molecule has 0 heterocycles. The van der Waals surface area contributed by atoms with E-state index in [1.807, 2.05) is 6.92 Å². The summed E-state index contributed by atoms with van der Waals surface area (Å²) in [5, 5.41) is 23.5. The van der Waals surface area contributed by atoms with Crippen LogP contribution in [-0.4, -0.2) is 23.7 Å². The number of hydrogen-bond acceptors (Lipinski definition) is 7. The van der Waals surface area contributed by atoms with E-state index in [0.29, 0.717) is 27.2 Å². The molecule has 0 spiro atoms. The van der Waals surface area contributed by atoms with Gasteiger partial charge in [0, 0.05) is 12.1 Å². The smallest absolute Gasteiger partial charge is 0.274 e. The molecule has 0 saturated carbocycles. The van der Waals surface area contributed by atoms with E-state index in [0.717, 1.165) is 11.6 Å². The Morgan fingerprint density at radius 3 is 2.60 bits per heavy atom. The number of hydrogen-bond donors (Lipinski definition) is 1. The molecule has 3 aromatic carbocycles. The summed E-state index contributed by atoms with van der Waals surface area (Å²) in [5.41, 5.74) is 3.47. The van der Waals surface area contributed by atoms with Gasteiger partial charge in [-0.3, -0.25) is 14.9 Å². The van der Waals surface area contributed by atoms with Crippen molar-refractivity contribution in [3.8, 4) is 17.6 Å². The van der Waals surface area contributed by atoms with Crippen molar-refractivity contribution < 1.29 is 23.6 Å². The average molecular weight is 588 g/mol. The third-order valence-corrected chi connectivity index (χ3v) is 5.39. The minimum Gasteiger partial charge on any atom is -0.490 e. The van der Waals surface area contributed by atoms with Gasteiger partial charge in [0.2, 0.25) is 0 Å². The first-order valence-corrected chi connectivity index (χ1v) is 11.3. The Balaban J connectivity index is 1.72. The Morgan fingerprint density at radius 1 is 1.23 bits per heavy atom. The number of nitro benzene ring substituents is 1. The van der Waals surface area contributed by atoms with Crippen LogP contribution in [0.2, 0.25) is 0 Å². The Morgan fingerprint density at radius 2 is 1.97 bits per heavy atom. The SMILES string of the molecule is CCOc1cc(/C=N\NC(=O)c2ccc(C#N)cc2F)cc(I)c1OCc1ccc([N+](=O)[O-])cc1. The fraction of sp³-hybridized carbons (Fsp3) is 0.125. The molecular weight excluding hydrogens is 570 g/mol. The number of benzene rings is 3. The minimum atomic E-state index is -0.820. The van der Waals surface area contributed by atoms with Gasteiger partial charge < -0.3 is 9.47 Å². The van der Waals surface area contributed by atoms with Crippen molar-refractivity contribution in [1.29, 1.82) is 5.26 Å².